The summed E-state index contributed by atoms with van der Waals surface area (Å²) in [6.07, 6.45) is 5.88. The number of aliphatic carboxylic acids is 1. The van der Waals surface area contributed by atoms with E-state index < -0.39 is 5.97 Å². The number of rotatable bonds is 6. The van der Waals surface area contributed by atoms with Gasteiger partial charge >= 0.3 is 43.7 Å². The molecule has 12 heavy (non-hydrogen) atoms. The average Bonchev–Trinajstić information content (AvgIpc) is 1.87. The van der Waals surface area contributed by atoms with E-state index in [1.165, 1.54) is 19.3 Å². The van der Waals surface area contributed by atoms with E-state index in [0.29, 0.717) is 6.42 Å². The smallest absolute Gasteiger partial charge is 1.00 e. The van der Waals surface area contributed by atoms with Crippen LogP contribution in [0, 0.1) is 0 Å². The summed E-state index contributed by atoms with van der Waals surface area (Å²) in [5, 5.41) is 8.27. The summed E-state index contributed by atoms with van der Waals surface area (Å²) in [6.45, 7) is 2.15. The Bertz CT molecular complexity index is 105. The van der Waals surface area contributed by atoms with Crippen LogP contribution >= 0.6 is 0 Å². The van der Waals surface area contributed by atoms with Gasteiger partial charge in [-0.05, 0) is 6.42 Å². The van der Waals surface area contributed by atoms with Crippen molar-refractivity contribution >= 4 is 43.7 Å². The topological polar surface area (TPSA) is 68.8 Å². The van der Waals surface area contributed by atoms with Gasteiger partial charge in [0.1, 0.15) is 0 Å². The zero-order valence-electron chi connectivity index (χ0n) is 9.81. The largest absolute Gasteiger partial charge is 2.00 e. The van der Waals surface area contributed by atoms with Crippen molar-refractivity contribution in [1.82, 2.24) is 0 Å². The molecule has 72 valence electrons. The van der Waals surface area contributed by atoms with E-state index in [1.807, 2.05) is 0 Å². The van der Waals surface area contributed by atoms with E-state index in [0.717, 1.165) is 12.8 Å². The van der Waals surface area contributed by atoms with Gasteiger partial charge in [0.2, 0.25) is 0 Å². The Hall–Kier alpha value is 0.690. The molecule has 0 aliphatic rings. The molecule has 0 bridgehead atoms. The van der Waals surface area contributed by atoms with Gasteiger partial charge in [-0.3, -0.25) is 4.79 Å². The van der Waals surface area contributed by atoms with Crippen molar-refractivity contribution in [3.8, 4) is 0 Å². The van der Waals surface area contributed by atoms with Gasteiger partial charge in [0.15, 0.2) is 0 Å². The van der Waals surface area contributed by atoms with Crippen LogP contribution in [0.25, 0.3) is 0 Å². The molecule has 4 heteroatoms. The Balaban J connectivity index is -0.0000000675. The van der Waals surface area contributed by atoms with Crippen LogP contribution in [-0.4, -0.2) is 54.3 Å². The van der Waals surface area contributed by atoms with Crippen molar-refractivity contribution in [2.75, 3.05) is 0 Å². The van der Waals surface area contributed by atoms with Crippen LogP contribution in [0.5, 0.6) is 0 Å². The molecule has 0 saturated carbocycles. The Morgan fingerprint density at radius 2 is 1.75 bits per heavy atom. The van der Waals surface area contributed by atoms with Crippen LogP contribution in [0.3, 0.4) is 0 Å². The SMILES string of the molecule is CCCCCCCC(=O)O.O.[Ca+2].[H-].[H-]. The number of unbranched alkanes of at least 4 members (excludes halogenated alkanes) is 4. The van der Waals surface area contributed by atoms with Gasteiger partial charge in [-0.1, -0.05) is 32.6 Å². The fraction of sp³-hybridized carbons (Fsp3) is 0.875. The quantitative estimate of drug-likeness (QED) is 0.525. The van der Waals surface area contributed by atoms with E-state index >= 15 is 0 Å². The molecule has 0 radical (unpaired) electrons. The van der Waals surface area contributed by atoms with Gasteiger partial charge in [0.05, 0.1) is 0 Å². The molecule has 0 aliphatic carbocycles. The molecule has 3 nitrogen and oxygen atoms in total. The van der Waals surface area contributed by atoms with Gasteiger partial charge in [-0.2, -0.15) is 0 Å². The zero-order chi connectivity index (χ0) is 7.82. The fourth-order valence-corrected chi connectivity index (χ4v) is 0.880. The molecule has 0 atom stereocenters. The van der Waals surface area contributed by atoms with Gasteiger partial charge in [-0.25, -0.2) is 0 Å². The minimum atomic E-state index is -0.670. The van der Waals surface area contributed by atoms with Gasteiger partial charge in [0, 0.05) is 6.42 Å². The van der Waals surface area contributed by atoms with E-state index in [1.54, 1.807) is 0 Å². The molecule has 0 unspecified atom stereocenters. The maximum absolute atomic E-state index is 10.0. The van der Waals surface area contributed by atoms with Crippen LogP contribution < -0.4 is 0 Å². The third kappa shape index (κ3) is 17.0. The molecule has 0 fully saturated rings. The standard InChI is InChI=1S/C8H16O2.Ca.H2O.2H/c1-2-3-4-5-6-7-8(9)10;;;;/h2-7H2,1H3,(H,9,10);;1H2;;/q;+2;;2*-1. The molecule has 0 aliphatic heterocycles. The molecule has 0 spiro atoms. The number of hydrogen-bond acceptors (Lipinski definition) is 1. The van der Waals surface area contributed by atoms with Crippen molar-refractivity contribution in [2.24, 2.45) is 0 Å². The molecule has 0 heterocycles. The van der Waals surface area contributed by atoms with E-state index in [-0.39, 0.29) is 46.1 Å². The van der Waals surface area contributed by atoms with Crippen LogP contribution in [0.4, 0.5) is 0 Å². The third-order valence-corrected chi connectivity index (χ3v) is 1.49. The first-order chi connectivity index (χ1) is 4.77. The molecule has 0 amide bonds. The molecule has 0 aromatic carbocycles. The molecular formula is C8H20CaO3. The number of hydrogen-bond donors (Lipinski definition) is 1. The van der Waals surface area contributed by atoms with E-state index in [9.17, 15) is 4.79 Å². The van der Waals surface area contributed by atoms with Crippen LogP contribution in [0.1, 0.15) is 48.3 Å². The summed E-state index contributed by atoms with van der Waals surface area (Å²) in [5.74, 6) is -0.670. The second-order valence-corrected chi connectivity index (χ2v) is 2.56. The van der Waals surface area contributed by atoms with Gasteiger partial charge in [-0.15, -0.1) is 0 Å². The average molecular weight is 204 g/mol. The van der Waals surface area contributed by atoms with Gasteiger partial charge in [0.25, 0.3) is 0 Å². The Morgan fingerprint density at radius 3 is 2.17 bits per heavy atom. The van der Waals surface area contributed by atoms with Crippen molar-refractivity contribution < 1.29 is 18.2 Å². The predicted octanol–water partition coefficient (Wildman–Crippen LogP) is 1.45. The van der Waals surface area contributed by atoms with Crippen LogP contribution in [0.2, 0.25) is 0 Å². The second-order valence-electron chi connectivity index (χ2n) is 2.56. The summed E-state index contributed by atoms with van der Waals surface area (Å²) in [5.41, 5.74) is 0. The van der Waals surface area contributed by atoms with Crippen LogP contribution in [0.15, 0.2) is 0 Å². The monoisotopic (exact) mass is 204 g/mol. The summed E-state index contributed by atoms with van der Waals surface area (Å²) in [7, 11) is 0. The Kier molecular flexibility index (Phi) is 21.9. The zero-order valence-corrected chi connectivity index (χ0v) is 10.0. The maximum Gasteiger partial charge on any atom is 2.00 e. The maximum atomic E-state index is 10.0. The minimum absolute atomic E-state index is 0. The second kappa shape index (κ2) is 14.2. The number of carbonyl (C=O) groups is 1. The summed E-state index contributed by atoms with van der Waals surface area (Å²) >= 11 is 0. The number of carboxylic acid groups (broad SMARTS) is 1. The van der Waals surface area contributed by atoms with Crippen molar-refractivity contribution in [1.29, 1.82) is 0 Å². The Morgan fingerprint density at radius 1 is 1.25 bits per heavy atom. The molecule has 0 aromatic heterocycles. The summed E-state index contributed by atoms with van der Waals surface area (Å²) in [6, 6.07) is 0. The molecular weight excluding hydrogens is 184 g/mol. The first kappa shape index (κ1) is 18.5. The van der Waals surface area contributed by atoms with Gasteiger partial charge < -0.3 is 13.4 Å². The minimum Gasteiger partial charge on any atom is -1.00 e. The molecule has 0 aromatic rings. The van der Waals surface area contributed by atoms with Crippen LogP contribution in [-0.2, 0) is 4.79 Å². The van der Waals surface area contributed by atoms with Crippen molar-refractivity contribution in [3.05, 3.63) is 0 Å². The van der Waals surface area contributed by atoms with E-state index in [4.69, 9.17) is 5.11 Å². The number of carboxylic acids is 1. The first-order valence-electron chi connectivity index (χ1n) is 3.99. The van der Waals surface area contributed by atoms with Crippen molar-refractivity contribution in [2.45, 2.75) is 45.4 Å². The summed E-state index contributed by atoms with van der Waals surface area (Å²) < 4.78 is 0. The third-order valence-electron chi connectivity index (χ3n) is 1.49. The molecule has 0 saturated heterocycles. The normalized spacial score (nSPS) is 8.08. The predicted molar refractivity (Wildman–Crippen MR) is 52.6 cm³/mol. The Labute approximate surface area is 107 Å². The molecule has 0 rings (SSSR count). The fourth-order valence-electron chi connectivity index (χ4n) is 0.880. The van der Waals surface area contributed by atoms with E-state index in [2.05, 4.69) is 6.92 Å². The molecule has 3 N–H and O–H groups in total. The van der Waals surface area contributed by atoms with Crippen molar-refractivity contribution in [3.63, 3.8) is 0 Å². The first-order valence-corrected chi connectivity index (χ1v) is 3.99. The summed E-state index contributed by atoms with van der Waals surface area (Å²) in [4.78, 5) is 10.0.